The summed E-state index contributed by atoms with van der Waals surface area (Å²) in [6.45, 7) is 3.66. The third kappa shape index (κ3) is 3.17. The highest BCUT2D eigenvalue weighted by Gasteiger charge is 2.36. The molecule has 0 saturated carbocycles. The maximum absolute atomic E-state index is 12.5. The van der Waals surface area contributed by atoms with E-state index in [0.717, 1.165) is 13.1 Å². The smallest absolute Gasteiger partial charge is 0.261 e. The summed E-state index contributed by atoms with van der Waals surface area (Å²) < 4.78 is 10.2. The van der Waals surface area contributed by atoms with E-state index < -0.39 is 11.8 Å². The zero-order valence-corrected chi connectivity index (χ0v) is 13.6. The van der Waals surface area contributed by atoms with Gasteiger partial charge in [0.05, 0.1) is 5.69 Å². The van der Waals surface area contributed by atoms with Crippen molar-refractivity contribution in [2.24, 2.45) is 0 Å². The Balaban J connectivity index is 1.65. The summed E-state index contributed by atoms with van der Waals surface area (Å²) >= 11 is 0. The van der Waals surface area contributed by atoms with Crippen LogP contribution in [0.25, 0.3) is 0 Å². The van der Waals surface area contributed by atoms with E-state index in [-0.39, 0.29) is 11.5 Å². The molecule has 0 aromatic carbocycles. The Bertz CT molecular complexity index is 614. The number of ether oxygens (including phenoxy) is 2. The van der Waals surface area contributed by atoms with Gasteiger partial charge in [-0.1, -0.05) is 0 Å². The molecule has 1 aromatic heterocycles. The molecule has 1 aromatic rings. The van der Waals surface area contributed by atoms with Crippen LogP contribution in [0.15, 0.2) is 16.9 Å². The number of aromatic nitrogens is 1. The van der Waals surface area contributed by atoms with E-state index in [1.807, 2.05) is 0 Å². The molecule has 2 fully saturated rings. The van der Waals surface area contributed by atoms with Crippen molar-refractivity contribution in [2.75, 3.05) is 40.4 Å². The van der Waals surface area contributed by atoms with Gasteiger partial charge in [-0.3, -0.25) is 14.5 Å². The first kappa shape index (κ1) is 16.2. The summed E-state index contributed by atoms with van der Waals surface area (Å²) in [6, 6.07) is 3.65. The third-order valence-electron chi connectivity index (χ3n) is 4.65. The van der Waals surface area contributed by atoms with Crippen LogP contribution in [0, 0.1) is 0 Å². The summed E-state index contributed by atoms with van der Waals surface area (Å²) in [5, 5.41) is 0. The van der Waals surface area contributed by atoms with Gasteiger partial charge in [0.1, 0.15) is 5.56 Å². The minimum absolute atomic E-state index is 0.166. The molecule has 23 heavy (non-hydrogen) atoms. The fourth-order valence-corrected chi connectivity index (χ4v) is 3.27. The molecular formula is C16H23N3O4. The molecule has 0 unspecified atom stereocenters. The molecule has 126 valence electrons. The predicted molar refractivity (Wildman–Crippen MR) is 84.3 cm³/mol. The number of carbonyl (C=O) groups is 1. The Morgan fingerprint density at radius 2 is 1.87 bits per heavy atom. The molecule has 2 aliphatic heterocycles. The quantitative estimate of drug-likeness (QED) is 0.803. The van der Waals surface area contributed by atoms with Gasteiger partial charge in [0.15, 0.2) is 6.29 Å². The van der Waals surface area contributed by atoms with Crippen molar-refractivity contribution in [2.45, 2.75) is 25.2 Å². The number of carbonyl (C=O) groups excluding carboxylic acids is 1. The first-order valence-electron chi connectivity index (χ1n) is 7.96. The predicted octanol–water partition coefficient (Wildman–Crippen LogP) is 0.587. The monoisotopic (exact) mass is 321 g/mol. The second kappa shape index (κ2) is 6.82. The van der Waals surface area contributed by atoms with E-state index in [4.69, 9.17) is 9.47 Å². The second-order valence-electron chi connectivity index (χ2n) is 6.07. The number of H-pyrrole nitrogens is 1. The molecule has 7 nitrogen and oxygen atoms in total. The van der Waals surface area contributed by atoms with Gasteiger partial charge in [-0.2, -0.15) is 0 Å². The fraction of sp³-hybridized carbons (Fsp3) is 0.625. The van der Waals surface area contributed by atoms with E-state index in [9.17, 15) is 9.59 Å². The number of hydrogen-bond donors (Lipinski definition) is 1. The summed E-state index contributed by atoms with van der Waals surface area (Å²) in [6.07, 6.45) is 1.84. The number of pyridine rings is 1. The van der Waals surface area contributed by atoms with Crippen LogP contribution in [0.4, 0.5) is 0 Å². The molecule has 3 heterocycles. The molecule has 2 saturated heterocycles. The molecular weight excluding hydrogens is 298 g/mol. The van der Waals surface area contributed by atoms with Crippen LogP contribution in [-0.4, -0.2) is 67.1 Å². The first-order chi connectivity index (χ1) is 11.1. The normalized spacial score (nSPS) is 19.3. The minimum Gasteiger partial charge on any atom is -0.350 e. The lowest BCUT2D eigenvalue weighted by atomic mass is 10.1. The lowest BCUT2D eigenvalue weighted by Gasteiger charge is -2.43. The van der Waals surface area contributed by atoms with Gasteiger partial charge in [0, 0.05) is 33.4 Å². The van der Waals surface area contributed by atoms with E-state index in [1.54, 1.807) is 17.0 Å². The topological polar surface area (TPSA) is 74.9 Å². The van der Waals surface area contributed by atoms with Gasteiger partial charge in [-0.25, -0.2) is 0 Å². The number of rotatable bonds is 5. The Morgan fingerprint density at radius 1 is 1.22 bits per heavy atom. The zero-order valence-electron chi connectivity index (χ0n) is 13.6. The SMILES string of the molecule is COC(OC)c1ccc(C(=O)N2CC(N3CCCC3)C2)c(=O)[nH]1. The van der Waals surface area contributed by atoms with Gasteiger partial charge >= 0.3 is 0 Å². The highest BCUT2D eigenvalue weighted by molar-refractivity contribution is 5.94. The molecule has 1 N–H and O–H groups in total. The molecule has 0 atom stereocenters. The van der Waals surface area contributed by atoms with Crippen molar-refractivity contribution in [1.82, 2.24) is 14.8 Å². The van der Waals surface area contributed by atoms with Gasteiger partial charge in [-0.05, 0) is 38.1 Å². The number of aromatic amines is 1. The van der Waals surface area contributed by atoms with Crippen LogP contribution in [0.3, 0.4) is 0 Å². The van der Waals surface area contributed by atoms with Crippen molar-refractivity contribution in [1.29, 1.82) is 0 Å². The van der Waals surface area contributed by atoms with E-state index >= 15 is 0 Å². The van der Waals surface area contributed by atoms with E-state index in [0.29, 0.717) is 24.8 Å². The Morgan fingerprint density at radius 3 is 2.43 bits per heavy atom. The van der Waals surface area contributed by atoms with Crippen LogP contribution in [-0.2, 0) is 9.47 Å². The van der Waals surface area contributed by atoms with Gasteiger partial charge in [-0.15, -0.1) is 0 Å². The lowest BCUT2D eigenvalue weighted by molar-refractivity contribution is -0.108. The number of nitrogens with one attached hydrogen (secondary N) is 1. The molecule has 3 rings (SSSR count). The Kier molecular flexibility index (Phi) is 4.79. The second-order valence-corrected chi connectivity index (χ2v) is 6.07. The average Bonchev–Trinajstić information content (AvgIpc) is 3.01. The third-order valence-corrected chi connectivity index (χ3v) is 4.65. The number of hydrogen-bond acceptors (Lipinski definition) is 5. The standard InChI is InChI=1S/C16H23N3O4/c1-22-16(23-2)13-6-5-12(14(20)17-13)15(21)19-9-11(10-19)18-7-3-4-8-18/h5-6,11,16H,3-4,7-10H2,1-2H3,(H,17,20). The highest BCUT2D eigenvalue weighted by Crippen LogP contribution is 2.21. The molecule has 0 aliphatic carbocycles. The van der Waals surface area contributed by atoms with Crippen molar-refractivity contribution < 1.29 is 14.3 Å². The van der Waals surface area contributed by atoms with Crippen molar-refractivity contribution in [3.05, 3.63) is 33.7 Å². The molecule has 0 bridgehead atoms. The molecule has 0 radical (unpaired) electrons. The van der Waals surface area contributed by atoms with E-state index in [2.05, 4.69) is 9.88 Å². The maximum Gasteiger partial charge on any atom is 0.261 e. The van der Waals surface area contributed by atoms with Gasteiger partial charge in [0.25, 0.3) is 11.5 Å². The molecule has 1 amide bonds. The number of likely N-dealkylation sites (tertiary alicyclic amines) is 2. The summed E-state index contributed by atoms with van der Waals surface area (Å²) in [5.74, 6) is -0.209. The van der Waals surface area contributed by atoms with Crippen LogP contribution in [0.5, 0.6) is 0 Å². The van der Waals surface area contributed by atoms with Crippen molar-refractivity contribution in [3.63, 3.8) is 0 Å². The molecule has 7 heteroatoms. The molecule has 0 spiro atoms. The summed E-state index contributed by atoms with van der Waals surface area (Å²) in [7, 11) is 2.98. The summed E-state index contributed by atoms with van der Waals surface area (Å²) in [5.41, 5.74) is 0.255. The van der Waals surface area contributed by atoms with E-state index in [1.165, 1.54) is 27.1 Å². The Labute approximate surface area is 135 Å². The molecule has 2 aliphatic rings. The van der Waals surface area contributed by atoms with Crippen LogP contribution >= 0.6 is 0 Å². The zero-order chi connectivity index (χ0) is 16.4. The van der Waals surface area contributed by atoms with Gasteiger partial charge in [0.2, 0.25) is 0 Å². The minimum atomic E-state index is -0.643. The van der Waals surface area contributed by atoms with Crippen LogP contribution in [0.1, 0.15) is 35.2 Å². The van der Waals surface area contributed by atoms with Crippen molar-refractivity contribution >= 4 is 5.91 Å². The Hall–Kier alpha value is -1.70. The highest BCUT2D eigenvalue weighted by atomic mass is 16.7. The van der Waals surface area contributed by atoms with Crippen molar-refractivity contribution in [3.8, 4) is 0 Å². The van der Waals surface area contributed by atoms with Gasteiger partial charge < -0.3 is 19.4 Å². The largest absolute Gasteiger partial charge is 0.350 e. The fourth-order valence-electron chi connectivity index (χ4n) is 3.27. The summed E-state index contributed by atoms with van der Waals surface area (Å²) in [4.78, 5) is 31.5. The average molecular weight is 321 g/mol. The lowest BCUT2D eigenvalue weighted by Crippen LogP contribution is -2.60. The first-order valence-corrected chi connectivity index (χ1v) is 7.96. The maximum atomic E-state index is 12.5. The number of methoxy groups -OCH3 is 2. The number of nitrogens with zero attached hydrogens (tertiary/aromatic N) is 2. The number of amides is 1. The van der Waals surface area contributed by atoms with Crippen LogP contribution < -0.4 is 5.56 Å². The van der Waals surface area contributed by atoms with Crippen LogP contribution in [0.2, 0.25) is 0 Å².